The summed E-state index contributed by atoms with van der Waals surface area (Å²) in [7, 11) is 0. The molecule has 0 amide bonds. The average molecular weight is 381 g/mol. The summed E-state index contributed by atoms with van der Waals surface area (Å²) in [5.41, 5.74) is 3.28. The molecular weight excluding hydrogens is 357 g/mol. The Balaban J connectivity index is 1.23. The van der Waals surface area contributed by atoms with E-state index in [0.717, 1.165) is 62.0 Å². The molecule has 0 atom stereocenters. The summed E-state index contributed by atoms with van der Waals surface area (Å²) in [6.45, 7) is 10.1. The fraction of sp³-hybridized carbons (Fsp3) is 0.450. The summed E-state index contributed by atoms with van der Waals surface area (Å²) in [6.07, 6.45) is 1.57. The van der Waals surface area contributed by atoms with Gasteiger partial charge in [-0.05, 0) is 38.1 Å². The van der Waals surface area contributed by atoms with E-state index < -0.39 is 0 Å². The molecule has 7 nitrogen and oxygen atoms in total. The Bertz CT molecular complexity index is 986. The van der Waals surface area contributed by atoms with Crippen LogP contribution >= 0.6 is 0 Å². The van der Waals surface area contributed by atoms with Crippen LogP contribution in [0.15, 0.2) is 30.6 Å². The zero-order valence-corrected chi connectivity index (χ0v) is 16.2. The normalized spacial score (nSPS) is 18.7. The van der Waals surface area contributed by atoms with Crippen LogP contribution in [0.25, 0.3) is 5.78 Å². The second-order valence-corrected chi connectivity index (χ2v) is 7.68. The lowest BCUT2D eigenvalue weighted by Gasteiger charge is -2.49. The SMILES string of the molecule is Cc1nc2ncnn2c(N2CC(N3CCN(c4ccc(F)cc4)CC3)C2)c1C. The largest absolute Gasteiger partial charge is 0.369 e. The molecule has 0 spiro atoms. The van der Waals surface area contributed by atoms with Crippen LogP contribution in [0.4, 0.5) is 15.9 Å². The van der Waals surface area contributed by atoms with Gasteiger partial charge in [0.2, 0.25) is 0 Å². The summed E-state index contributed by atoms with van der Waals surface area (Å²) >= 11 is 0. The molecule has 5 rings (SSSR count). The summed E-state index contributed by atoms with van der Waals surface area (Å²) in [4.78, 5) is 16.0. The number of halogens is 1. The van der Waals surface area contributed by atoms with Gasteiger partial charge in [-0.1, -0.05) is 0 Å². The van der Waals surface area contributed by atoms with Crippen LogP contribution in [0, 0.1) is 19.7 Å². The van der Waals surface area contributed by atoms with Gasteiger partial charge in [-0.25, -0.2) is 9.37 Å². The Kier molecular flexibility index (Phi) is 4.16. The number of rotatable bonds is 3. The Morgan fingerprint density at radius 3 is 2.39 bits per heavy atom. The molecule has 4 heterocycles. The number of hydrogen-bond donors (Lipinski definition) is 0. The van der Waals surface area contributed by atoms with E-state index in [1.807, 2.05) is 23.6 Å². The molecule has 3 aromatic rings. The summed E-state index contributed by atoms with van der Waals surface area (Å²) in [6, 6.07) is 7.37. The molecule has 0 N–H and O–H groups in total. The van der Waals surface area contributed by atoms with E-state index in [-0.39, 0.29) is 5.82 Å². The van der Waals surface area contributed by atoms with E-state index in [9.17, 15) is 4.39 Å². The third-order valence-electron chi connectivity index (χ3n) is 6.06. The molecule has 8 heteroatoms. The first-order chi connectivity index (χ1) is 13.6. The molecule has 0 bridgehead atoms. The predicted octanol–water partition coefficient (Wildman–Crippen LogP) is 1.89. The average Bonchev–Trinajstić information content (AvgIpc) is 3.12. The highest BCUT2D eigenvalue weighted by Gasteiger charge is 2.35. The van der Waals surface area contributed by atoms with Crippen molar-refractivity contribution in [2.75, 3.05) is 49.1 Å². The molecule has 0 radical (unpaired) electrons. The van der Waals surface area contributed by atoms with Crippen molar-refractivity contribution in [3.8, 4) is 0 Å². The second-order valence-electron chi connectivity index (χ2n) is 7.68. The minimum atomic E-state index is -0.180. The van der Waals surface area contributed by atoms with Gasteiger partial charge >= 0.3 is 0 Å². The number of piperazine rings is 1. The molecule has 146 valence electrons. The Hall–Kier alpha value is -2.74. The minimum absolute atomic E-state index is 0.180. The van der Waals surface area contributed by atoms with Crippen LogP contribution in [-0.2, 0) is 0 Å². The number of benzene rings is 1. The molecular formula is C20H24FN7. The van der Waals surface area contributed by atoms with Gasteiger partial charge in [0.25, 0.3) is 5.78 Å². The van der Waals surface area contributed by atoms with Gasteiger partial charge in [0.1, 0.15) is 18.0 Å². The van der Waals surface area contributed by atoms with Crippen LogP contribution in [0.2, 0.25) is 0 Å². The summed E-state index contributed by atoms with van der Waals surface area (Å²) < 4.78 is 15.0. The van der Waals surface area contributed by atoms with Gasteiger partial charge in [0.15, 0.2) is 0 Å². The van der Waals surface area contributed by atoms with Crippen molar-refractivity contribution in [2.45, 2.75) is 19.9 Å². The molecule has 28 heavy (non-hydrogen) atoms. The van der Waals surface area contributed by atoms with E-state index in [2.05, 4.69) is 36.7 Å². The van der Waals surface area contributed by atoms with Crippen molar-refractivity contribution >= 4 is 17.3 Å². The molecule has 0 saturated carbocycles. The van der Waals surface area contributed by atoms with E-state index in [1.54, 1.807) is 6.33 Å². The minimum Gasteiger partial charge on any atom is -0.369 e. The topological polar surface area (TPSA) is 52.8 Å². The van der Waals surface area contributed by atoms with Crippen LogP contribution in [0.5, 0.6) is 0 Å². The van der Waals surface area contributed by atoms with Crippen LogP contribution in [-0.4, -0.2) is 69.8 Å². The van der Waals surface area contributed by atoms with Gasteiger partial charge in [-0.15, -0.1) is 0 Å². The van der Waals surface area contributed by atoms with Crippen molar-refractivity contribution in [3.05, 3.63) is 47.7 Å². The summed E-state index contributed by atoms with van der Waals surface area (Å²) in [5.74, 6) is 1.59. The lowest BCUT2D eigenvalue weighted by Crippen LogP contribution is -2.63. The Morgan fingerprint density at radius 1 is 0.964 bits per heavy atom. The van der Waals surface area contributed by atoms with Gasteiger partial charge < -0.3 is 9.80 Å². The van der Waals surface area contributed by atoms with E-state index in [1.165, 1.54) is 12.1 Å². The number of hydrogen-bond acceptors (Lipinski definition) is 6. The Labute approximate surface area is 163 Å². The maximum atomic E-state index is 13.1. The lowest BCUT2D eigenvalue weighted by molar-refractivity contribution is 0.156. The lowest BCUT2D eigenvalue weighted by atomic mass is 10.0. The van der Waals surface area contributed by atoms with E-state index >= 15 is 0 Å². The zero-order valence-electron chi connectivity index (χ0n) is 16.2. The van der Waals surface area contributed by atoms with Gasteiger partial charge in [0.05, 0.1) is 0 Å². The molecule has 0 unspecified atom stereocenters. The molecule has 0 aliphatic carbocycles. The first-order valence-corrected chi connectivity index (χ1v) is 9.76. The highest BCUT2D eigenvalue weighted by atomic mass is 19.1. The third-order valence-corrected chi connectivity index (χ3v) is 6.06. The number of aryl methyl sites for hydroxylation is 1. The first-order valence-electron chi connectivity index (χ1n) is 9.76. The predicted molar refractivity (Wildman–Crippen MR) is 106 cm³/mol. The van der Waals surface area contributed by atoms with Crippen molar-refractivity contribution in [1.82, 2.24) is 24.5 Å². The highest BCUT2D eigenvalue weighted by molar-refractivity contribution is 5.56. The van der Waals surface area contributed by atoms with Gasteiger partial charge in [-0.2, -0.15) is 14.6 Å². The third kappa shape index (κ3) is 2.88. The van der Waals surface area contributed by atoms with Crippen molar-refractivity contribution in [2.24, 2.45) is 0 Å². The van der Waals surface area contributed by atoms with Gasteiger partial charge in [-0.3, -0.25) is 4.90 Å². The molecule has 1 aromatic carbocycles. The fourth-order valence-corrected chi connectivity index (χ4v) is 4.24. The molecule has 2 saturated heterocycles. The smallest absolute Gasteiger partial charge is 0.254 e. The molecule has 2 aromatic heterocycles. The first kappa shape index (κ1) is 17.4. The molecule has 2 aliphatic rings. The highest BCUT2D eigenvalue weighted by Crippen LogP contribution is 2.29. The second kappa shape index (κ2) is 6.70. The quantitative estimate of drug-likeness (QED) is 0.691. The number of aromatic nitrogens is 4. The van der Waals surface area contributed by atoms with E-state index in [0.29, 0.717) is 11.8 Å². The Morgan fingerprint density at radius 2 is 1.68 bits per heavy atom. The standard InChI is InChI=1S/C20H24FN7/c1-14-15(2)24-20-22-13-23-28(20)19(14)27-11-18(12-27)26-9-7-25(8-10-26)17-5-3-16(21)4-6-17/h3-6,13,18H,7-12H2,1-2H3. The van der Waals surface area contributed by atoms with Crippen molar-refractivity contribution < 1.29 is 4.39 Å². The summed E-state index contributed by atoms with van der Waals surface area (Å²) in [5, 5.41) is 4.37. The van der Waals surface area contributed by atoms with Crippen LogP contribution < -0.4 is 9.80 Å². The fourth-order valence-electron chi connectivity index (χ4n) is 4.24. The number of nitrogens with zero attached hydrogens (tertiary/aromatic N) is 7. The van der Waals surface area contributed by atoms with Crippen LogP contribution in [0.3, 0.4) is 0 Å². The monoisotopic (exact) mass is 381 g/mol. The van der Waals surface area contributed by atoms with E-state index in [4.69, 9.17) is 0 Å². The van der Waals surface area contributed by atoms with Gasteiger partial charge in [0, 0.05) is 62.3 Å². The van der Waals surface area contributed by atoms with Crippen molar-refractivity contribution in [3.63, 3.8) is 0 Å². The maximum absolute atomic E-state index is 13.1. The van der Waals surface area contributed by atoms with Crippen molar-refractivity contribution in [1.29, 1.82) is 0 Å². The number of anilines is 2. The number of fused-ring (bicyclic) bond motifs is 1. The van der Waals surface area contributed by atoms with Crippen LogP contribution in [0.1, 0.15) is 11.3 Å². The zero-order chi connectivity index (χ0) is 19.3. The molecule has 2 aliphatic heterocycles. The molecule has 2 fully saturated rings. The maximum Gasteiger partial charge on any atom is 0.254 e.